The van der Waals surface area contributed by atoms with E-state index in [9.17, 15) is 14.4 Å². The van der Waals surface area contributed by atoms with Gasteiger partial charge in [-0.25, -0.2) is 4.39 Å². The second kappa shape index (κ2) is 6.95. The monoisotopic (exact) mass is 306 g/mol. The minimum atomic E-state index is -0.701. The summed E-state index contributed by atoms with van der Waals surface area (Å²) >= 11 is 1.37. The molecule has 1 amide bonds. The van der Waals surface area contributed by atoms with E-state index in [1.165, 1.54) is 23.9 Å². The summed E-state index contributed by atoms with van der Waals surface area (Å²) in [6.07, 6.45) is 4.53. The van der Waals surface area contributed by atoms with Crippen LogP contribution in [-0.2, 0) is 4.79 Å². The number of nitrogens with zero attached hydrogens (tertiary/aromatic N) is 1. The molecule has 3 nitrogen and oxygen atoms in total. The van der Waals surface area contributed by atoms with E-state index in [1.807, 2.05) is 0 Å². The molecule has 1 N–H and O–H groups in total. The normalized spacial score (nSPS) is 18.5. The van der Waals surface area contributed by atoms with E-state index in [1.54, 1.807) is 19.1 Å². The van der Waals surface area contributed by atoms with Crippen molar-refractivity contribution < 1.29 is 9.18 Å². The number of hydrogen-bond acceptors (Lipinski definition) is 3. The van der Waals surface area contributed by atoms with Crippen LogP contribution in [0.3, 0.4) is 0 Å². The fourth-order valence-electron chi connectivity index (χ4n) is 2.53. The maximum atomic E-state index is 12.9. The molecule has 0 spiro atoms. The second-order valence-corrected chi connectivity index (χ2v) is 6.87. The highest BCUT2D eigenvalue weighted by Gasteiger charge is 2.34. The zero-order chi connectivity index (χ0) is 15.3. The number of amides is 1. The highest BCUT2D eigenvalue weighted by Crippen LogP contribution is 2.29. The van der Waals surface area contributed by atoms with Gasteiger partial charge < -0.3 is 5.32 Å². The fraction of sp³-hybridized carbons (Fsp3) is 0.500. The Hall–Kier alpha value is -1.54. The van der Waals surface area contributed by atoms with Crippen LogP contribution in [0.25, 0.3) is 0 Å². The van der Waals surface area contributed by atoms with Crippen molar-refractivity contribution in [1.82, 2.24) is 5.32 Å². The Morgan fingerprint density at radius 2 is 1.95 bits per heavy atom. The Morgan fingerprint density at radius 3 is 2.52 bits per heavy atom. The zero-order valence-corrected chi connectivity index (χ0v) is 12.9. The minimum absolute atomic E-state index is 0.132. The Kier molecular flexibility index (Phi) is 5.24. The molecule has 0 heterocycles. The van der Waals surface area contributed by atoms with Crippen LogP contribution in [0.5, 0.6) is 0 Å². The molecule has 1 atom stereocenters. The van der Waals surface area contributed by atoms with Gasteiger partial charge in [-0.1, -0.05) is 19.3 Å². The Bertz CT molecular complexity index is 532. The lowest BCUT2D eigenvalue weighted by Crippen LogP contribution is -2.50. The van der Waals surface area contributed by atoms with E-state index in [0.717, 1.165) is 37.0 Å². The maximum absolute atomic E-state index is 12.9. The van der Waals surface area contributed by atoms with Gasteiger partial charge >= 0.3 is 0 Å². The van der Waals surface area contributed by atoms with Gasteiger partial charge in [0.2, 0.25) is 5.91 Å². The molecule has 0 saturated heterocycles. The lowest BCUT2D eigenvalue weighted by atomic mass is 9.83. The summed E-state index contributed by atoms with van der Waals surface area (Å²) < 4.78 is 12.9. The van der Waals surface area contributed by atoms with Crippen molar-refractivity contribution in [2.45, 2.75) is 54.7 Å². The molecule has 0 aliphatic heterocycles. The number of benzene rings is 1. The molecule has 1 unspecified atom stereocenters. The Labute approximate surface area is 128 Å². The lowest BCUT2D eigenvalue weighted by molar-refractivity contribution is -0.121. The van der Waals surface area contributed by atoms with Crippen LogP contribution in [0.4, 0.5) is 4.39 Å². The van der Waals surface area contributed by atoms with Gasteiger partial charge in [-0.2, -0.15) is 5.26 Å². The summed E-state index contributed by atoms with van der Waals surface area (Å²) in [5, 5.41) is 12.0. The van der Waals surface area contributed by atoms with Crippen LogP contribution < -0.4 is 5.32 Å². The van der Waals surface area contributed by atoms with Gasteiger partial charge in [-0.05, 0) is 44.0 Å². The molecule has 1 saturated carbocycles. The van der Waals surface area contributed by atoms with Crippen molar-refractivity contribution in [3.8, 4) is 6.07 Å². The number of nitrogens with one attached hydrogen (secondary N) is 1. The summed E-state index contributed by atoms with van der Waals surface area (Å²) in [6.45, 7) is 1.80. The molecular formula is C16H19FN2OS. The molecule has 1 aliphatic rings. The summed E-state index contributed by atoms with van der Waals surface area (Å²) in [6, 6.07) is 8.36. The van der Waals surface area contributed by atoms with Crippen LogP contribution in [0, 0.1) is 17.1 Å². The van der Waals surface area contributed by atoms with E-state index < -0.39 is 5.54 Å². The van der Waals surface area contributed by atoms with Crippen molar-refractivity contribution in [2.75, 3.05) is 0 Å². The van der Waals surface area contributed by atoms with E-state index in [4.69, 9.17) is 0 Å². The van der Waals surface area contributed by atoms with Crippen LogP contribution in [0.15, 0.2) is 29.2 Å². The zero-order valence-electron chi connectivity index (χ0n) is 12.1. The van der Waals surface area contributed by atoms with Crippen molar-refractivity contribution >= 4 is 17.7 Å². The first-order chi connectivity index (χ1) is 10.0. The molecule has 0 aromatic heterocycles. The van der Waals surface area contributed by atoms with Crippen molar-refractivity contribution in [1.29, 1.82) is 5.26 Å². The Morgan fingerprint density at radius 1 is 1.33 bits per heavy atom. The van der Waals surface area contributed by atoms with Crippen molar-refractivity contribution in [3.63, 3.8) is 0 Å². The Balaban J connectivity index is 1.95. The third-order valence-corrected chi connectivity index (χ3v) is 4.89. The smallest absolute Gasteiger partial charge is 0.234 e. The largest absolute Gasteiger partial charge is 0.337 e. The van der Waals surface area contributed by atoms with E-state index in [-0.39, 0.29) is 17.0 Å². The number of nitriles is 1. The standard InChI is InChI=1S/C16H19FN2OS/c1-12(21-14-7-5-13(17)6-8-14)15(20)19-16(11-18)9-3-2-4-10-16/h5-8,12H,2-4,9-10H2,1H3,(H,19,20). The molecule has 5 heteroatoms. The predicted octanol–water partition coefficient (Wildman–Crippen LogP) is 3.65. The lowest BCUT2D eigenvalue weighted by Gasteiger charge is -2.32. The summed E-state index contributed by atoms with van der Waals surface area (Å²) in [5.41, 5.74) is -0.701. The van der Waals surface area contributed by atoms with Gasteiger partial charge in [0.05, 0.1) is 11.3 Å². The molecule has 21 heavy (non-hydrogen) atoms. The molecule has 0 radical (unpaired) electrons. The third-order valence-electron chi connectivity index (χ3n) is 3.78. The van der Waals surface area contributed by atoms with Crippen molar-refractivity contribution in [3.05, 3.63) is 30.1 Å². The van der Waals surface area contributed by atoms with E-state index in [2.05, 4.69) is 11.4 Å². The first-order valence-corrected chi connectivity index (χ1v) is 8.08. The average Bonchev–Trinajstić information content (AvgIpc) is 2.50. The van der Waals surface area contributed by atoms with Gasteiger partial charge in [-0.3, -0.25) is 4.79 Å². The number of carbonyl (C=O) groups is 1. The predicted molar refractivity (Wildman–Crippen MR) is 81.3 cm³/mol. The van der Waals surface area contributed by atoms with Gasteiger partial charge in [0, 0.05) is 4.90 Å². The summed E-state index contributed by atoms with van der Waals surface area (Å²) in [5.74, 6) is -0.421. The average molecular weight is 306 g/mol. The number of rotatable bonds is 4. The molecule has 1 aromatic rings. The topological polar surface area (TPSA) is 52.9 Å². The van der Waals surface area contributed by atoms with Crippen molar-refractivity contribution in [2.24, 2.45) is 0 Å². The number of thioether (sulfide) groups is 1. The fourth-order valence-corrected chi connectivity index (χ4v) is 3.40. The van der Waals surface area contributed by atoms with Gasteiger partial charge in [-0.15, -0.1) is 11.8 Å². The molecule has 2 rings (SSSR count). The quantitative estimate of drug-likeness (QED) is 0.864. The summed E-state index contributed by atoms with van der Waals surface area (Å²) in [4.78, 5) is 13.1. The number of carbonyl (C=O) groups excluding carboxylic acids is 1. The van der Waals surface area contributed by atoms with Gasteiger partial charge in [0.1, 0.15) is 11.4 Å². The highest BCUT2D eigenvalue weighted by molar-refractivity contribution is 8.00. The molecule has 1 fully saturated rings. The summed E-state index contributed by atoms with van der Waals surface area (Å²) in [7, 11) is 0. The second-order valence-electron chi connectivity index (χ2n) is 5.46. The van der Waals surface area contributed by atoms with Gasteiger partial charge in [0.25, 0.3) is 0 Å². The van der Waals surface area contributed by atoms with Crippen LogP contribution in [0.2, 0.25) is 0 Å². The van der Waals surface area contributed by atoms with Crippen LogP contribution in [0.1, 0.15) is 39.0 Å². The number of hydrogen-bond donors (Lipinski definition) is 1. The molecule has 1 aromatic carbocycles. The molecule has 1 aliphatic carbocycles. The first kappa shape index (κ1) is 15.8. The molecular weight excluding hydrogens is 287 g/mol. The van der Waals surface area contributed by atoms with E-state index >= 15 is 0 Å². The molecule has 112 valence electrons. The number of halogens is 1. The first-order valence-electron chi connectivity index (χ1n) is 7.20. The highest BCUT2D eigenvalue weighted by atomic mass is 32.2. The van der Waals surface area contributed by atoms with Gasteiger partial charge in [0.15, 0.2) is 0 Å². The molecule has 0 bridgehead atoms. The van der Waals surface area contributed by atoms with E-state index in [0.29, 0.717) is 0 Å². The third kappa shape index (κ3) is 4.21. The van der Waals surface area contributed by atoms with Crippen LogP contribution in [-0.4, -0.2) is 16.7 Å². The SMILES string of the molecule is CC(Sc1ccc(F)cc1)C(=O)NC1(C#N)CCCCC1. The van der Waals surface area contributed by atoms with Crippen LogP contribution >= 0.6 is 11.8 Å². The minimum Gasteiger partial charge on any atom is -0.337 e. The maximum Gasteiger partial charge on any atom is 0.234 e.